The molecule has 0 bridgehead atoms. The highest BCUT2D eigenvalue weighted by Crippen LogP contribution is 2.42. The van der Waals surface area contributed by atoms with E-state index in [1.807, 2.05) is 0 Å². The molecule has 38 heavy (non-hydrogen) atoms. The largest absolute Gasteiger partial charge is 0.491 e. The van der Waals surface area contributed by atoms with Crippen molar-refractivity contribution in [3.05, 3.63) is 93.8 Å². The third kappa shape index (κ3) is 5.53. The van der Waals surface area contributed by atoms with E-state index in [1.165, 1.54) is 31.2 Å². The summed E-state index contributed by atoms with van der Waals surface area (Å²) in [5, 5.41) is 9.59. The first kappa shape index (κ1) is 27.6. The van der Waals surface area contributed by atoms with Crippen molar-refractivity contribution in [2.45, 2.75) is 57.5 Å². The number of hydrogen-bond acceptors (Lipinski definition) is 4. The van der Waals surface area contributed by atoms with Crippen molar-refractivity contribution in [3.8, 4) is 11.5 Å². The second-order valence-electron chi connectivity index (χ2n) is 9.35. The molecule has 4 nitrogen and oxygen atoms in total. The van der Waals surface area contributed by atoms with Gasteiger partial charge in [0, 0.05) is 5.56 Å². The van der Waals surface area contributed by atoms with Crippen LogP contribution in [0.25, 0.3) is 0 Å². The summed E-state index contributed by atoms with van der Waals surface area (Å²) in [7, 11) is 0. The zero-order valence-corrected chi connectivity index (χ0v) is 20.9. The molecular weight excluding hydrogens is 507 g/mol. The standard InChI is InChI=1S/C29H27F5O4/c1-3-37-23-12-13-24(28(34)27(23)33)38-29(36)21-9-8-18(14-22(21)30)16-4-6-17(7-5-16)20-11-10-19(15(2)35)25(31)26(20)32/h8-17,35H,3-7H2,1-2H3. The van der Waals surface area contributed by atoms with E-state index in [0.29, 0.717) is 31.2 Å². The molecule has 1 aliphatic carbocycles. The van der Waals surface area contributed by atoms with Crippen LogP contribution in [0, 0.1) is 29.1 Å². The number of ether oxygens (including phenoxy) is 2. The summed E-state index contributed by atoms with van der Waals surface area (Å²) in [5.41, 5.74) is 0.357. The predicted octanol–water partition coefficient (Wildman–Crippen LogP) is 7.49. The van der Waals surface area contributed by atoms with Gasteiger partial charge in [-0.2, -0.15) is 8.78 Å². The van der Waals surface area contributed by atoms with Crippen molar-refractivity contribution < 1.29 is 41.3 Å². The first-order valence-corrected chi connectivity index (χ1v) is 12.4. The van der Waals surface area contributed by atoms with E-state index in [9.17, 15) is 31.9 Å². The van der Waals surface area contributed by atoms with Crippen LogP contribution in [0.15, 0.2) is 42.5 Å². The van der Waals surface area contributed by atoms with Crippen LogP contribution in [0.4, 0.5) is 22.0 Å². The molecule has 9 heteroatoms. The van der Waals surface area contributed by atoms with Gasteiger partial charge in [-0.25, -0.2) is 18.0 Å². The average molecular weight is 535 g/mol. The minimum absolute atomic E-state index is 0.0619. The number of halogens is 5. The van der Waals surface area contributed by atoms with E-state index in [2.05, 4.69) is 0 Å². The van der Waals surface area contributed by atoms with E-state index in [4.69, 9.17) is 9.47 Å². The Hall–Kier alpha value is -3.46. The number of benzene rings is 3. The highest BCUT2D eigenvalue weighted by molar-refractivity contribution is 5.91. The molecule has 0 spiro atoms. The van der Waals surface area contributed by atoms with Crippen molar-refractivity contribution in [2.75, 3.05) is 6.61 Å². The maximum atomic E-state index is 14.8. The van der Waals surface area contributed by atoms with Crippen LogP contribution in [0.5, 0.6) is 11.5 Å². The van der Waals surface area contributed by atoms with Crippen LogP contribution < -0.4 is 9.47 Å². The number of carbonyl (C=O) groups excluding carboxylic acids is 1. The van der Waals surface area contributed by atoms with E-state index >= 15 is 0 Å². The lowest BCUT2D eigenvalue weighted by Gasteiger charge is -2.29. The lowest BCUT2D eigenvalue weighted by atomic mass is 9.75. The normalized spacial score (nSPS) is 18.2. The Labute approximate surface area is 217 Å². The summed E-state index contributed by atoms with van der Waals surface area (Å²) in [6.07, 6.45) is 1.14. The molecule has 1 unspecified atom stereocenters. The molecule has 0 amide bonds. The molecule has 0 radical (unpaired) electrons. The third-order valence-corrected chi connectivity index (χ3v) is 6.96. The highest BCUT2D eigenvalue weighted by atomic mass is 19.2. The number of carbonyl (C=O) groups is 1. The molecule has 1 fully saturated rings. The zero-order chi connectivity index (χ0) is 27.6. The summed E-state index contributed by atoms with van der Waals surface area (Å²) in [4.78, 5) is 12.5. The SMILES string of the molecule is CCOc1ccc(OC(=O)c2ccc(C3CCC(c4ccc(C(C)O)c(F)c4F)CC3)cc2F)c(F)c1F. The van der Waals surface area contributed by atoms with Gasteiger partial charge in [-0.05, 0) is 86.8 Å². The molecule has 1 atom stereocenters. The molecule has 0 aromatic heterocycles. The molecule has 0 heterocycles. The summed E-state index contributed by atoms with van der Waals surface area (Å²) in [6, 6.07) is 9.04. The second-order valence-corrected chi connectivity index (χ2v) is 9.35. The maximum absolute atomic E-state index is 14.8. The van der Waals surface area contributed by atoms with E-state index < -0.39 is 52.5 Å². The number of aliphatic hydroxyl groups is 1. The van der Waals surface area contributed by atoms with Gasteiger partial charge in [-0.15, -0.1) is 0 Å². The van der Waals surface area contributed by atoms with E-state index in [-0.39, 0.29) is 35.3 Å². The van der Waals surface area contributed by atoms with Crippen LogP contribution in [0.3, 0.4) is 0 Å². The van der Waals surface area contributed by atoms with Gasteiger partial charge in [0.1, 0.15) is 5.82 Å². The Bertz CT molecular complexity index is 1330. The Morgan fingerprint density at radius 3 is 2.13 bits per heavy atom. The van der Waals surface area contributed by atoms with Crippen molar-refractivity contribution in [1.82, 2.24) is 0 Å². The topological polar surface area (TPSA) is 55.8 Å². The van der Waals surface area contributed by atoms with Gasteiger partial charge in [0.2, 0.25) is 11.6 Å². The molecule has 0 aliphatic heterocycles. The Morgan fingerprint density at radius 2 is 1.50 bits per heavy atom. The fourth-order valence-electron chi connectivity index (χ4n) is 4.92. The van der Waals surface area contributed by atoms with Gasteiger partial charge in [0.05, 0.1) is 18.3 Å². The first-order chi connectivity index (χ1) is 18.1. The van der Waals surface area contributed by atoms with Crippen molar-refractivity contribution in [3.63, 3.8) is 0 Å². The van der Waals surface area contributed by atoms with Crippen LogP contribution in [0.1, 0.15) is 84.5 Å². The third-order valence-electron chi connectivity index (χ3n) is 6.96. The smallest absolute Gasteiger partial charge is 0.346 e. The summed E-state index contributed by atoms with van der Waals surface area (Å²) < 4.78 is 81.9. The average Bonchev–Trinajstić information content (AvgIpc) is 2.90. The van der Waals surface area contributed by atoms with Crippen molar-refractivity contribution in [2.24, 2.45) is 0 Å². The lowest BCUT2D eigenvalue weighted by Crippen LogP contribution is -2.16. The summed E-state index contributed by atoms with van der Waals surface area (Å²) in [6.45, 7) is 3.08. The van der Waals surface area contributed by atoms with Crippen LogP contribution in [-0.2, 0) is 0 Å². The van der Waals surface area contributed by atoms with Crippen molar-refractivity contribution >= 4 is 5.97 Å². The first-order valence-electron chi connectivity index (χ1n) is 12.4. The lowest BCUT2D eigenvalue weighted by molar-refractivity contribution is 0.0721. The molecule has 202 valence electrons. The Kier molecular flexibility index (Phi) is 8.35. The van der Waals surface area contributed by atoms with Crippen LogP contribution >= 0.6 is 0 Å². The number of aliphatic hydroxyl groups excluding tert-OH is 1. The van der Waals surface area contributed by atoms with Gasteiger partial charge in [0.25, 0.3) is 0 Å². The molecule has 1 N–H and O–H groups in total. The molecule has 3 aromatic carbocycles. The summed E-state index contributed by atoms with van der Waals surface area (Å²) >= 11 is 0. The van der Waals surface area contributed by atoms with Crippen LogP contribution in [0.2, 0.25) is 0 Å². The van der Waals surface area contributed by atoms with Gasteiger partial charge in [-0.3, -0.25) is 0 Å². The molecule has 1 saturated carbocycles. The molecular formula is C29H27F5O4. The summed E-state index contributed by atoms with van der Waals surface area (Å²) in [5.74, 6) is -8.09. The zero-order valence-electron chi connectivity index (χ0n) is 20.9. The number of esters is 1. The predicted molar refractivity (Wildman–Crippen MR) is 130 cm³/mol. The highest BCUT2D eigenvalue weighted by Gasteiger charge is 2.28. The quantitative estimate of drug-likeness (QED) is 0.194. The van der Waals surface area contributed by atoms with Gasteiger partial charge in [0.15, 0.2) is 23.1 Å². The molecule has 0 saturated heterocycles. The fraction of sp³-hybridized carbons (Fsp3) is 0.345. The van der Waals surface area contributed by atoms with E-state index in [1.54, 1.807) is 13.0 Å². The van der Waals surface area contributed by atoms with Gasteiger partial charge < -0.3 is 14.6 Å². The van der Waals surface area contributed by atoms with Gasteiger partial charge >= 0.3 is 5.97 Å². The Balaban J connectivity index is 1.43. The molecule has 1 aliphatic rings. The fourth-order valence-corrected chi connectivity index (χ4v) is 4.92. The Morgan fingerprint density at radius 1 is 0.868 bits per heavy atom. The minimum atomic E-state index is -1.42. The maximum Gasteiger partial charge on any atom is 0.346 e. The van der Waals surface area contributed by atoms with Gasteiger partial charge in [-0.1, -0.05) is 18.2 Å². The van der Waals surface area contributed by atoms with E-state index in [0.717, 1.165) is 12.1 Å². The monoisotopic (exact) mass is 534 g/mol. The molecule has 3 aromatic rings. The minimum Gasteiger partial charge on any atom is -0.491 e. The van der Waals surface area contributed by atoms with Crippen LogP contribution in [-0.4, -0.2) is 17.7 Å². The molecule has 4 rings (SSSR count). The van der Waals surface area contributed by atoms with Crippen molar-refractivity contribution in [1.29, 1.82) is 0 Å². The number of hydrogen-bond donors (Lipinski definition) is 1. The second kappa shape index (κ2) is 11.5. The number of rotatable bonds is 7.